The van der Waals surface area contributed by atoms with Gasteiger partial charge in [-0.15, -0.1) is 11.3 Å². The monoisotopic (exact) mass is 254 g/mol. The highest BCUT2D eigenvalue weighted by atomic mass is 32.1. The van der Waals surface area contributed by atoms with Crippen LogP contribution in [0.1, 0.15) is 28.9 Å². The molecule has 1 heterocycles. The van der Waals surface area contributed by atoms with Crippen molar-refractivity contribution in [1.82, 2.24) is 9.88 Å². The maximum atomic E-state index is 12.1. The molecule has 17 heavy (non-hydrogen) atoms. The maximum absolute atomic E-state index is 12.1. The number of carbonyl (C=O) groups excluding carboxylic acids is 1. The van der Waals surface area contributed by atoms with Crippen LogP contribution in [-0.2, 0) is 0 Å². The molecule has 1 aromatic heterocycles. The first-order chi connectivity index (χ1) is 8.22. The van der Waals surface area contributed by atoms with Gasteiger partial charge in [-0.25, -0.2) is 0 Å². The summed E-state index contributed by atoms with van der Waals surface area (Å²) in [5, 5.41) is 11.4. The average molecular weight is 254 g/mol. The first-order valence-corrected chi connectivity index (χ1v) is 6.26. The minimum Gasteiger partial charge on any atom is -0.409 e. The molecule has 1 aliphatic carbocycles. The third-order valence-electron chi connectivity index (χ3n) is 2.63. The molecule has 92 valence electrons. The van der Waals surface area contributed by atoms with Crippen LogP contribution < -0.4 is 5.73 Å². The van der Waals surface area contributed by atoms with Crippen molar-refractivity contribution in [1.29, 1.82) is 0 Å². The van der Waals surface area contributed by atoms with Gasteiger partial charge < -0.3 is 15.8 Å². The molecule has 1 aliphatic rings. The number of aromatic nitrogens is 1. The summed E-state index contributed by atoms with van der Waals surface area (Å²) < 4.78 is 0. The third-order valence-corrected chi connectivity index (χ3v) is 3.39. The number of nitrogens with zero attached hydrogens (tertiary/aromatic N) is 3. The predicted octanol–water partition coefficient (Wildman–Crippen LogP) is 0.884. The van der Waals surface area contributed by atoms with E-state index in [0.29, 0.717) is 23.9 Å². The van der Waals surface area contributed by atoms with Crippen LogP contribution in [0.15, 0.2) is 16.9 Å². The van der Waals surface area contributed by atoms with Crippen LogP contribution in [0.3, 0.4) is 0 Å². The zero-order valence-corrected chi connectivity index (χ0v) is 10.1. The van der Waals surface area contributed by atoms with Crippen molar-refractivity contribution in [3.63, 3.8) is 0 Å². The number of oxime groups is 1. The fourth-order valence-corrected chi connectivity index (χ4v) is 2.16. The van der Waals surface area contributed by atoms with Gasteiger partial charge in [0.15, 0.2) is 0 Å². The number of carbonyl (C=O) groups is 1. The fourth-order valence-electron chi connectivity index (χ4n) is 1.58. The molecule has 1 aromatic rings. The van der Waals surface area contributed by atoms with E-state index in [2.05, 4.69) is 10.1 Å². The molecular formula is C10H14N4O2S. The van der Waals surface area contributed by atoms with E-state index < -0.39 is 0 Å². The minimum absolute atomic E-state index is 0.0132. The van der Waals surface area contributed by atoms with E-state index >= 15 is 0 Å². The molecular weight excluding hydrogens is 240 g/mol. The summed E-state index contributed by atoms with van der Waals surface area (Å²) in [5.41, 5.74) is 7.05. The summed E-state index contributed by atoms with van der Waals surface area (Å²) in [7, 11) is 0. The Morgan fingerprint density at radius 1 is 1.71 bits per heavy atom. The molecule has 7 heteroatoms. The molecule has 1 saturated carbocycles. The van der Waals surface area contributed by atoms with E-state index in [1.54, 1.807) is 16.6 Å². The second-order valence-electron chi connectivity index (χ2n) is 3.94. The highest BCUT2D eigenvalue weighted by Crippen LogP contribution is 2.28. The van der Waals surface area contributed by atoms with Crippen molar-refractivity contribution >= 4 is 23.1 Å². The average Bonchev–Trinajstić information content (AvgIpc) is 3.02. The van der Waals surface area contributed by atoms with Crippen LogP contribution in [-0.4, -0.2) is 39.4 Å². The van der Waals surface area contributed by atoms with Crippen LogP contribution >= 0.6 is 11.3 Å². The van der Waals surface area contributed by atoms with E-state index in [-0.39, 0.29) is 11.7 Å². The van der Waals surface area contributed by atoms with Gasteiger partial charge in [0, 0.05) is 19.0 Å². The van der Waals surface area contributed by atoms with Gasteiger partial charge >= 0.3 is 0 Å². The lowest BCUT2D eigenvalue weighted by atomic mass is 10.3. The number of hydrogen-bond donors (Lipinski definition) is 2. The highest BCUT2D eigenvalue weighted by molar-refractivity contribution is 7.11. The first kappa shape index (κ1) is 11.8. The van der Waals surface area contributed by atoms with Crippen molar-refractivity contribution in [2.75, 3.05) is 6.54 Å². The Kier molecular flexibility index (Phi) is 3.58. The summed E-state index contributed by atoms with van der Waals surface area (Å²) in [5.74, 6) is 0.133. The lowest BCUT2D eigenvalue weighted by Crippen LogP contribution is -2.35. The van der Waals surface area contributed by atoms with Crippen LogP contribution in [0.2, 0.25) is 0 Å². The molecule has 0 spiro atoms. The molecule has 0 aromatic carbocycles. The molecule has 0 unspecified atom stereocenters. The maximum Gasteiger partial charge on any atom is 0.265 e. The summed E-state index contributed by atoms with van der Waals surface area (Å²) in [4.78, 5) is 18.5. The molecule has 1 fully saturated rings. The summed E-state index contributed by atoms with van der Waals surface area (Å²) in [6, 6.07) is 0.302. The SMILES string of the molecule is NC(CCN(C(=O)c1cncs1)C1CC1)=NO. The van der Waals surface area contributed by atoms with Gasteiger partial charge in [-0.1, -0.05) is 5.16 Å². The van der Waals surface area contributed by atoms with Gasteiger partial charge in [0.1, 0.15) is 10.7 Å². The third kappa shape index (κ3) is 2.94. The number of thiazole rings is 1. The molecule has 1 amide bonds. The Morgan fingerprint density at radius 3 is 3.00 bits per heavy atom. The summed E-state index contributed by atoms with van der Waals surface area (Å²) in [6.07, 6.45) is 4.02. The Balaban J connectivity index is 2.00. The summed E-state index contributed by atoms with van der Waals surface area (Å²) >= 11 is 1.33. The van der Waals surface area contributed by atoms with Gasteiger partial charge in [0.2, 0.25) is 0 Å². The molecule has 6 nitrogen and oxygen atoms in total. The fraction of sp³-hybridized carbons (Fsp3) is 0.500. The molecule has 0 aliphatic heterocycles. The van der Waals surface area contributed by atoms with Crippen LogP contribution in [0.5, 0.6) is 0 Å². The van der Waals surface area contributed by atoms with Crippen LogP contribution in [0.4, 0.5) is 0 Å². The number of amidine groups is 1. The smallest absolute Gasteiger partial charge is 0.265 e. The van der Waals surface area contributed by atoms with Crippen LogP contribution in [0, 0.1) is 0 Å². The second-order valence-corrected chi connectivity index (χ2v) is 4.82. The zero-order chi connectivity index (χ0) is 12.3. The lowest BCUT2D eigenvalue weighted by molar-refractivity contribution is 0.0752. The molecule has 3 N–H and O–H groups in total. The van der Waals surface area contributed by atoms with Gasteiger partial charge in [-0.3, -0.25) is 9.78 Å². The Labute approximate surface area is 103 Å². The number of rotatable bonds is 5. The quantitative estimate of drug-likeness (QED) is 0.353. The first-order valence-electron chi connectivity index (χ1n) is 5.38. The van der Waals surface area contributed by atoms with Gasteiger partial charge in [-0.05, 0) is 12.8 Å². The van der Waals surface area contributed by atoms with Gasteiger partial charge in [0.25, 0.3) is 5.91 Å². The molecule has 2 rings (SSSR count). The Morgan fingerprint density at radius 2 is 2.47 bits per heavy atom. The van der Waals surface area contributed by atoms with Crippen molar-refractivity contribution < 1.29 is 10.0 Å². The zero-order valence-electron chi connectivity index (χ0n) is 9.24. The predicted molar refractivity (Wildman–Crippen MR) is 64.2 cm³/mol. The van der Waals surface area contributed by atoms with Crippen molar-refractivity contribution in [3.05, 3.63) is 16.6 Å². The van der Waals surface area contributed by atoms with E-state index in [0.717, 1.165) is 12.8 Å². The molecule has 0 radical (unpaired) electrons. The van der Waals surface area contributed by atoms with Crippen molar-refractivity contribution in [2.24, 2.45) is 10.9 Å². The van der Waals surface area contributed by atoms with Crippen LogP contribution in [0.25, 0.3) is 0 Å². The molecule has 0 atom stereocenters. The standard InChI is InChI=1S/C10H14N4O2S/c11-9(13-16)3-4-14(7-1-2-7)10(15)8-5-12-6-17-8/h5-7,16H,1-4H2,(H2,11,13). The van der Waals surface area contributed by atoms with E-state index in [1.807, 2.05) is 0 Å². The Bertz CT molecular complexity index is 414. The van der Waals surface area contributed by atoms with Crippen molar-refractivity contribution in [2.45, 2.75) is 25.3 Å². The summed E-state index contributed by atoms with van der Waals surface area (Å²) in [6.45, 7) is 0.483. The van der Waals surface area contributed by atoms with Gasteiger partial charge in [0.05, 0.1) is 11.7 Å². The van der Waals surface area contributed by atoms with E-state index in [9.17, 15) is 4.79 Å². The minimum atomic E-state index is -0.0132. The van der Waals surface area contributed by atoms with E-state index in [1.165, 1.54) is 11.3 Å². The number of amides is 1. The van der Waals surface area contributed by atoms with E-state index in [4.69, 9.17) is 10.9 Å². The number of nitrogens with two attached hydrogens (primary N) is 1. The molecule has 0 bridgehead atoms. The van der Waals surface area contributed by atoms with Crippen molar-refractivity contribution in [3.8, 4) is 0 Å². The Hall–Kier alpha value is -1.63. The normalized spacial score (nSPS) is 15.9. The largest absolute Gasteiger partial charge is 0.409 e. The van der Waals surface area contributed by atoms with Gasteiger partial charge in [-0.2, -0.15) is 0 Å². The second kappa shape index (κ2) is 5.13. The topological polar surface area (TPSA) is 91.8 Å². The highest BCUT2D eigenvalue weighted by Gasteiger charge is 2.33. The molecule has 0 saturated heterocycles. The number of hydrogen-bond acceptors (Lipinski definition) is 5. The lowest BCUT2D eigenvalue weighted by Gasteiger charge is -2.21.